The van der Waals surface area contributed by atoms with Gasteiger partial charge in [0.15, 0.2) is 0 Å². The first-order valence-corrected chi connectivity index (χ1v) is 8.62. The van der Waals surface area contributed by atoms with E-state index in [2.05, 4.69) is 15.4 Å². The number of carbonyl (C=O) groups is 1. The maximum Gasteiger partial charge on any atom is 0.241 e. The van der Waals surface area contributed by atoms with Crippen molar-refractivity contribution in [3.8, 4) is 0 Å². The van der Waals surface area contributed by atoms with E-state index in [0.29, 0.717) is 19.6 Å². The lowest BCUT2D eigenvalue weighted by atomic mass is 10.1. The molecule has 1 aliphatic heterocycles. The van der Waals surface area contributed by atoms with E-state index >= 15 is 0 Å². The van der Waals surface area contributed by atoms with Gasteiger partial charge in [0.25, 0.3) is 0 Å². The van der Waals surface area contributed by atoms with Crippen LogP contribution in [-0.4, -0.2) is 51.2 Å². The van der Waals surface area contributed by atoms with Gasteiger partial charge in [0, 0.05) is 25.6 Å². The van der Waals surface area contributed by atoms with Crippen molar-refractivity contribution in [3.05, 3.63) is 30.3 Å². The first kappa shape index (κ1) is 16.9. The topological polar surface area (TPSA) is 108 Å². The number of nitrogens with one attached hydrogen (secondary N) is 3. The van der Waals surface area contributed by atoms with Crippen LogP contribution in [0.3, 0.4) is 0 Å². The van der Waals surface area contributed by atoms with Crippen LogP contribution in [0, 0.1) is 5.92 Å². The maximum atomic E-state index is 12.1. The van der Waals surface area contributed by atoms with Crippen LogP contribution in [0.5, 0.6) is 0 Å². The number of amides is 1. The Morgan fingerprint density at radius 2 is 2.05 bits per heavy atom. The minimum atomic E-state index is -3.73. The minimum Gasteiger partial charge on any atom is -0.391 e. The lowest BCUT2D eigenvalue weighted by Crippen LogP contribution is -2.46. The van der Waals surface area contributed by atoms with Gasteiger partial charge in [-0.15, -0.1) is 0 Å². The Hall–Kier alpha value is -1.48. The van der Waals surface area contributed by atoms with Crippen molar-refractivity contribution < 1.29 is 18.3 Å². The number of hydrogen-bond donors (Lipinski definition) is 4. The smallest absolute Gasteiger partial charge is 0.241 e. The Labute approximate surface area is 130 Å². The van der Waals surface area contributed by atoms with Crippen LogP contribution in [-0.2, 0) is 14.8 Å². The number of sulfonamides is 1. The minimum absolute atomic E-state index is 0.0538. The second-order valence-corrected chi connectivity index (χ2v) is 7.10. The third-order valence-corrected chi connectivity index (χ3v) is 5.18. The predicted molar refractivity (Wildman–Crippen MR) is 81.6 cm³/mol. The Bertz CT molecular complexity index is 606. The third kappa shape index (κ3) is 4.26. The SMILES string of the molecule is CC(NS(=O)(=O)c1ccccc1)C(=O)NCC1CNCC1O. The van der Waals surface area contributed by atoms with E-state index in [-0.39, 0.29) is 10.8 Å². The number of aliphatic hydroxyl groups excluding tert-OH is 1. The summed E-state index contributed by atoms with van der Waals surface area (Å²) in [6, 6.07) is 7.00. The van der Waals surface area contributed by atoms with Crippen LogP contribution < -0.4 is 15.4 Å². The Morgan fingerprint density at radius 1 is 1.36 bits per heavy atom. The van der Waals surface area contributed by atoms with Gasteiger partial charge in [0.1, 0.15) is 0 Å². The summed E-state index contributed by atoms with van der Waals surface area (Å²) in [7, 11) is -3.73. The fourth-order valence-corrected chi connectivity index (χ4v) is 3.49. The zero-order valence-electron chi connectivity index (χ0n) is 12.3. The molecule has 1 heterocycles. The zero-order valence-corrected chi connectivity index (χ0v) is 13.1. The molecule has 0 radical (unpaired) electrons. The van der Waals surface area contributed by atoms with Gasteiger partial charge in [0.2, 0.25) is 15.9 Å². The fourth-order valence-electron chi connectivity index (χ4n) is 2.27. The number of hydrogen-bond acceptors (Lipinski definition) is 5. The molecule has 1 aromatic carbocycles. The van der Waals surface area contributed by atoms with Gasteiger partial charge < -0.3 is 15.7 Å². The molecule has 0 spiro atoms. The lowest BCUT2D eigenvalue weighted by Gasteiger charge is -2.17. The van der Waals surface area contributed by atoms with Gasteiger partial charge in [0.05, 0.1) is 17.0 Å². The largest absolute Gasteiger partial charge is 0.391 e. The molecule has 8 heteroatoms. The van der Waals surface area contributed by atoms with E-state index in [1.54, 1.807) is 18.2 Å². The number of β-amino-alcohol motifs (C(OH)–C–C–N with tert-alkyl or cyclic N) is 1. The predicted octanol–water partition coefficient (Wildman–Crippen LogP) is -0.950. The molecule has 0 aromatic heterocycles. The van der Waals surface area contributed by atoms with Crippen LogP contribution in [0.2, 0.25) is 0 Å². The van der Waals surface area contributed by atoms with Crippen LogP contribution in [0.15, 0.2) is 35.2 Å². The highest BCUT2D eigenvalue weighted by Gasteiger charge is 2.27. The second kappa shape index (κ2) is 7.19. The molecule has 1 fully saturated rings. The number of rotatable bonds is 6. The molecule has 4 N–H and O–H groups in total. The summed E-state index contributed by atoms with van der Waals surface area (Å²) in [5.74, 6) is -0.472. The molecule has 7 nitrogen and oxygen atoms in total. The van der Waals surface area contributed by atoms with Gasteiger partial charge in [-0.05, 0) is 19.1 Å². The molecular weight excluding hydrogens is 306 g/mol. The van der Waals surface area contributed by atoms with Gasteiger partial charge in [-0.25, -0.2) is 8.42 Å². The quantitative estimate of drug-likeness (QED) is 0.539. The van der Waals surface area contributed by atoms with Crippen molar-refractivity contribution in [2.24, 2.45) is 5.92 Å². The molecule has 3 unspecified atom stereocenters. The molecule has 0 saturated carbocycles. The second-order valence-electron chi connectivity index (χ2n) is 5.39. The fraction of sp³-hybridized carbons (Fsp3) is 0.500. The molecule has 1 saturated heterocycles. The Balaban J connectivity index is 1.88. The summed E-state index contributed by atoms with van der Waals surface area (Å²) in [5.41, 5.74) is 0. The van der Waals surface area contributed by atoms with Gasteiger partial charge >= 0.3 is 0 Å². The molecule has 122 valence electrons. The number of benzene rings is 1. The maximum absolute atomic E-state index is 12.1. The van der Waals surface area contributed by atoms with E-state index in [0.717, 1.165) is 0 Å². The summed E-state index contributed by atoms with van der Waals surface area (Å²) >= 11 is 0. The molecule has 1 aliphatic rings. The average molecular weight is 327 g/mol. The zero-order chi connectivity index (χ0) is 16.2. The van der Waals surface area contributed by atoms with Crippen LogP contribution in [0.25, 0.3) is 0 Å². The summed E-state index contributed by atoms with van der Waals surface area (Å²) in [4.78, 5) is 12.1. The molecular formula is C14H21N3O4S. The van der Waals surface area contributed by atoms with Gasteiger partial charge in [-0.1, -0.05) is 18.2 Å². The first-order valence-electron chi connectivity index (χ1n) is 7.14. The molecule has 1 aromatic rings. The van der Waals surface area contributed by atoms with Gasteiger partial charge in [-0.2, -0.15) is 4.72 Å². The van der Waals surface area contributed by atoms with Crippen molar-refractivity contribution in [1.29, 1.82) is 0 Å². The molecule has 3 atom stereocenters. The summed E-state index contributed by atoms with van der Waals surface area (Å²) < 4.78 is 26.6. The summed E-state index contributed by atoms with van der Waals surface area (Å²) in [6.07, 6.45) is -0.489. The van der Waals surface area contributed by atoms with Crippen molar-refractivity contribution in [2.45, 2.75) is 24.0 Å². The monoisotopic (exact) mass is 327 g/mol. The number of carbonyl (C=O) groups excluding carboxylic acids is 1. The van der Waals surface area contributed by atoms with Crippen LogP contribution in [0.4, 0.5) is 0 Å². The normalized spacial score (nSPS) is 23.2. The molecule has 2 rings (SSSR count). The molecule has 0 aliphatic carbocycles. The molecule has 1 amide bonds. The van der Waals surface area contributed by atoms with Crippen molar-refractivity contribution in [3.63, 3.8) is 0 Å². The molecule has 0 bridgehead atoms. The Morgan fingerprint density at radius 3 is 2.64 bits per heavy atom. The highest BCUT2D eigenvalue weighted by molar-refractivity contribution is 7.89. The lowest BCUT2D eigenvalue weighted by molar-refractivity contribution is -0.122. The summed E-state index contributed by atoms with van der Waals surface area (Å²) in [6.45, 7) is 2.94. The van der Waals surface area contributed by atoms with Crippen molar-refractivity contribution in [1.82, 2.24) is 15.4 Å². The number of aliphatic hydroxyl groups is 1. The standard InChI is InChI=1S/C14H21N3O4S/c1-10(14(19)16-8-11-7-15-9-13(11)18)17-22(20,21)12-5-3-2-4-6-12/h2-6,10-11,13,15,17-18H,7-9H2,1H3,(H,16,19). The van der Waals surface area contributed by atoms with Gasteiger partial charge in [-0.3, -0.25) is 4.79 Å². The van der Waals surface area contributed by atoms with Crippen molar-refractivity contribution in [2.75, 3.05) is 19.6 Å². The molecule has 22 heavy (non-hydrogen) atoms. The van der Waals surface area contributed by atoms with E-state index in [1.165, 1.54) is 19.1 Å². The van der Waals surface area contributed by atoms with E-state index in [9.17, 15) is 18.3 Å². The van der Waals surface area contributed by atoms with E-state index in [4.69, 9.17) is 0 Å². The van der Waals surface area contributed by atoms with Crippen LogP contribution >= 0.6 is 0 Å². The van der Waals surface area contributed by atoms with Crippen molar-refractivity contribution >= 4 is 15.9 Å². The first-order chi connectivity index (χ1) is 10.4. The summed E-state index contributed by atoms with van der Waals surface area (Å²) in [5, 5.41) is 15.3. The highest BCUT2D eigenvalue weighted by Crippen LogP contribution is 2.09. The van der Waals surface area contributed by atoms with E-state index in [1.807, 2.05) is 0 Å². The third-order valence-electron chi connectivity index (χ3n) is 3.62. The van der Waals surface area contributed by atoms with E-state index < -0.39 is 28.1 Å². The highest BCUT2D eigenvalue weighted by atomic mass is 32.2. The Kier molecular flexibility index (Phi) is 5.52. The van der Waals surface area contributed by atoms with Crippen LogP contribution in [0.1, 0.15) is 6.92 Å². The average Bonchev–Trinajstić information content (AvgIpc) is 2.90.